The summed E-state index contributed by atoms with van der Waals surface area (Å²) in [4.78, 5) is 12.3. The van der Waals surface area contributed by atoms with E-state index in [4.69, 9.17) is 28.4 Å². The lowest BCUT2D eigenvalue weighted by molar-refractivity contribution is 0.147. The average Bonchev–Trinajstić information content (AvgIpc) is 2.78. The first-order valence-corrected chi connectivity index (χ1v) is 10.4. The fraction of sp³-hybridized carbons (Fsp3) is 0.409. The summed E-state index contributed by atoms with van der Waals surface area (Å²) in [5.74, 6) is 2.58. The molecule has 0 bridgehead atoms. The highest BCUT2D eigenvalue weighted by atomic mass is 79.9. The van der Waals surface area contributed by atoms with Gasteiger partial charge < -0.3 is 33.7 Å². The Labute approximate surface area is 190 Å². The summed E-state index contributed by atoms with van der Waals surface area (Å²) in [6.07, 6.45) is -0.132. The van der Waals surface area contributed by atoms with Gasteiger partial charge in [-0.2, -0.15) is 0 Å². The number of carbonyl (C=O) groups is 1. The lowest BCUT2D eigenvalue weighted by atomic mass is 9.97. The molecule has 2 aromatic carbocycles. The van der Waals surface area contributed by atoms with E-state index >= 15 is 0 Å². The van der Waals surface area contributed by atoms with Crippen LogP contribution in [0, 0.1) is 0 Å². The van der Waals surface area contributed by atoms with Crippen LogP contribution in [0.25, 0.3) is 0 Å². The summed E-state index contributed by atoms with van der Waals surface area (Å²) in [6.45, 7) is 2.00. The monoisotopic (exact) mass is 497 g/mol. The van der Waals surface area contributed by atoms with Gasteiger partial charge in [-0.25, -0.2) is 4.79 Å². The van der Waals surface area contributed by atoms with E-state index in [0.717, 1.165) is 10.0 Å². The molecule has 0 unspecified atom stereocenters. The number of ether oxygens (including phenoxy) is 6. The third-order valence-corrected chi connectivity index (χ3v) is 5.39. The molecule has 0 aliphatic rings. The maximum Gasteiger partial charge on any atom is 0.407 e. The average molecular weight is 498 g/mol. The van der Waals surface area contributed by atoms with Crippen molar-refractivity contribution < 1.29 is 33.2 Å². The normalized spacial score (nSPS) is 11.3. The lowest BCUT2D eigenvalue weighted by Gasteiger charge is -2.24. The minimum absolute atomic E-state index is 0.252. The molecule has 0 saturated carbocycles. The molecule has 0 saturated heterocycles. The van der Waals surface area contributed by atoms with Gasteiger partial charge in [0.05, 0.1) is 48.2 Å². The molecule has 1 N–H and O–H groups in total. The SMILES string of the molecule is CCOC(=O)N[C@@H](Cc1cc(OC)c(OC)cc1Br)c1ccc(OC)c(OC)c1OC. The molecule has 2 rings (SSSR count). The Morgan fingerprint density at radius 1 is 0.903 bits per heavy atom. The predicted octanol–water partition coefficient (Wildman–Crippen LogP) is 4.52. The molecule has 9 heteroatoms. The van der Waals surface area contributed by atoms with E-state index < -0.39 is 12.1 Å². The van der Waals surface area contributed by atoms with E-state index in [1.54, 1.807) is 34.3 Å². The first-order chi connectivity index (χ1) is 14.9. The van der Waals surface area contributed by atoms with Gasteiger partial charge in [0, 0.05) is 10.0 Å². The molecule has 31 heavy (non-hydrogen) atoms. The number of amides is 1. The number of hydrogen-bond donors (Lipinski definition) is 1. The Morgan fingerprint density at radius 2 is 1.52 bits per heavy atom. The fourth-order valence-electron chi connectivity index (χ4n) is 3.23. The zero-order valence-electron chi connectivity index (χ0n) is 18.5. The van der Waals surface area contributed by atoms with Crippen LogP contribution in [0.5, 0.6) is 28.7 Å². The van der Waals surface area contributed by atoms with Gasteiger partial charge >= 0.3 is 6.09 Å². The van der Waals surface area contributed by atoms with Crippen molar-refractivity contribution in [2.45, 2.75) is 19.4 Å². The van der Waals surface area contributed by atoms with Crippen LogP contribution in [-0.2, 0) is 11.2 Å². The van der Waals surface area contributed by atoms with Crippen LogP contribution in [-0.4, -0.2) is 48.2 Å². The maximum atomic E-state index is 12.3. The van der Waals surface area contributed by atoms with Crippen LogP contribution in [0.2, 0.25) is 0 Å². The molecule has 1 amide bonds. The van der Waals surface area contributed by atoms with E-state index in [0.29, 0.717) is 40.7 Å². The second-order valence-corrected chi connectivity index (χ2v) is 7.20. The molecule has 0 spiro atoms. The van der Waals surface area contributed by atoms with Gasteiger partial charge in [-0.1, -0.05) is 15.9 Å². The molecule has 0 radical (unpaired) electrons. The van der Waals surface area contributed by atoms with Crippen LogP contribution in [0.3, 0.4) is 0 Å². The Hall–Kier alpha value is -2.81. The number of alkyl carbamates (subject to hydrolysis) is 1. The smallest absolute Gasteiger partial charge is 0.407 e. The predicted molar refractivity (Wildman–Crippen MR) is 120 cm³/mol. The summed E-state index contributed by atoms with van der Waals surface area (Å²) < 4.78 is 33.2. The minimum atomic E-state index is -0.541. The number of methoxy groups -OCH3 is 5. The number of hydrogen-bond acceptors (Lipinski definition) is 7. The van der Waals surface area contributed by atoms with Crippen molar-refractivity contribution in [3.63, 3.8) is 0 Å². The Balaban J connectivity index is 2.56. The molecule has 1 atom stereocenters. The Kier molecular flexibility index (Phi) is 9.11. The summed E-state index contributed by atoms with van der Waals surface area (Å²) in [5.41, 5.74) is 1.59. The zero-order chi connectivity index (χ0) is 23.0. The van der Waals surface area contributed by atoms with Crippen LogP contribution in [0.1, 0.15) is 24.1 Å². The third kappa shape index (κ3) is 5.66. The number of rotatable bonds is 10. The van der Waals surface area contributed by atoms with Crippen LogP contribution >= 0.6 is 15.9 Å². The van der Waals surface area contributed by atoms with Crippen molar-refractivity contribution in [3.05, 3.63) is 39.9 Å². The summed E-state index contributed by atoms with van der Waals surface area (Å²) in [7, 11) is 7.76. The molecule has 0 aliphatic heterocycles. The highest BCUT2D eigenvalue weighted by Crippen LogP contribution is 2.43. The Morgan fingerprint density at radius 3 is 2.06 bits per heavy atom. The lowest BCUT2D eigenvalue weighted by Crippen LogP contribution is -2.31. The quantitative estimate of drug-likeness (QED) is 0.516. The van der Waals surface area contributed by atoms with Gasteiger partial charge in [-0.15, -0.1) is 0 Å². The summed E-state index contributed by atoms with van der Waals surface area (Å²) in [6, 6.07) is 6.77. The minimum Gasteiger partial charge on any atom is -0.493 e. The van der Waals surface area contributed by atoms with Gasteiger partial charge in [-0.3, -0.25) is 0 Å². The van der Waals surface area contributed by atoms with Crippen molar-refractivity contribution in [2.75, 3.05) is 42.2 Å². The van der Waals surface area contributed by atoms with Crippen LogP contribution < -0.4 is 29.0 Å². The number of carbonyl (C=O) groups excluding carboxylic acids is 1. The zero-order valence-corrected chi connectivity index (χ0v) is 20.1. The molecule has 170 valence electrons. The van der Waals surface area contributed by atoms with Gasteiger partial charge in [-0.05, 0) is 43.2 Å². The second-order valence-electron chi connectivity index (χ2n) is 6.34. The third-order valence-electron chi connectivity index (χ3n) is 4.65. The molecule has 8 nitrogen and oxygen atoms in total. The van der Waals surface area contributed by atoms with E-state index in [1.807, 2.05) is 18.2 Å². The van der Waals surface area contributed by atoms with E-state index in [1.165, 1.54) is 14.2 Å². The Bertz CT molecular complexity index is 904. The summed E-state index contributed by atoms with van der Waals surface area (Å²) >= 11 is 3.58. The first kappa shape index (κ1) is 24.5. The standard InChI is InChI=1S/C22H28BrNO7/c1-7-31-22(25)24-16(10-13-11-18(27-3)19(28-4)12-15(13)23)14-8-9-17(26-2)21(30-6)20(14)29-5/h8-9,11-12,16H,7,10H2,1-6H3,(H,24,25)/t16-/m0/s1. The van der Waals surface area contributed by atoms with Gasteiger partial charge in [0.1, 0.15) is 0 Å². The van der Waals surface area contributed by atoms with Crippen molar-refractivity contribution >= 4 is 22.0 Å². The topological polar surface area (TPSA) is 84.5 Å². The highest BCUT2D eigenvalue weighted by Gasteiger charge is 2.26. The molecule has 2 aromatic rings. The number of halogens is 1. The van der Waals surface area contributed by atoms with E-state index in [-0.39, 0.29) is 6.61 Å². The van der Waals surface area contributed by atoms with Crippen molar-refractivity contribution in [3.8, 4) is 28.7 Å². The molecular formula is C22H28BrNO7. The van der Waals surface area contributed by atoms with Crippen LogP contribution in [0.4, 0.5) is 4.79 Å². The molecule has 0 fully saturated rings. The molecule has 0 aromatic heterocycles. The number of nitrogens with one attached hydrogen (secondary N) is 1. The highest BCUT2D eigenvalue weighted by molar-refractivity contribution is 9.10. The van der Waals surface area contributed by atoms with Crippen molar-refractivity contribution in [1.29, 1.82) is 0 Å². The van der Waals surface area contributed by atoms with Crippen molar-refractivity contribution in [2.24, 2.45) is 0 Å². The largest absolute Gasteiger partial charge is 0.493 e. The second kappa shape index (κ2) is 11.5. The van der Waals surface area contributed by atoms with Gasteiger partial charge in [0.2, 0.25) is 5.75 Å². The fourth-order valence-corrected chi connectivity index (χ4v) is 3.71. The van der Waals surface area contributed by atoms with E-state index in [9.17, 15) is 4.79 Å². The molecule has 0 heterocycles. The molecule has 0 aliphatic carbocycles. The van der Waals surface area contributed by atoms with Crippen molar-refractivity contribution in [1.82, 2.24) is 5.32 Å². The van der Waals surface area contributed by atoms with Gasteiger partial charge in [0.25, 0.3) is 0 Å². The summed E-state index contributed by atoms with van der Waals surface area (Å²) in [5, 5.41) is 2.91. The van der Waals surface area contributed by atoms with Crippen LogP contribution in [0.15, 0.2) is 28.7 Å². The van der Waals surface area contributed by atoms with E-state index in [2.05, 4.69) is 21.2 Å². The first-order valence-electron chi connectivity index (χ1n) is 9.56. The molecular weight excluding hydrogens is 470 g/mol. The van der Waals surface area contributed by atoms with Gasteiger partial charge in [0.15, 0.2) is 23.0 Å². The maximum absolute atomic E-state index is 12.3. The number of benzene rings is 2.